The molecule has 0 amide bonds. The number of nitrogens with zero attached hydrogens (tertiary/aromatic N) is 1. The number of hydrogen-bond donors (Lipinski definition) is 3. The average molecular weight is 260 g/mol. The predicted octanol–water partition coefficient (Wildman–Crippen LogP) is 2.35. The van der Waals surface area contributed by atoms with E-state index < -0.39 is 0 Å². The molecule has 1 aromatic carbocycles. The van der Waals surface area contributed by atoms with Crippen LogP contribution in [0, 0.1) is 5.92 Å². The molecular formula is C14H20N4O. The van der Waals surface area contributed by atoms with Crippen molar-refractivity contribution in [3.63, 3.8) is 0 Å². The summed E-state index contributed by atoms with van der Waals surface area (Å²) in [6, 6.07) is 3.51. The first kappa shape index (κ1) is 13.4. The van der Waals surface area contributed by atoms with Crippen LogP contribution in [0.25, 0.3) is 10.9 Å². The van der Waals surface area contributed by atoms with Crippen molar-refractivity contribution in [1.82, 2.24) is 9.97 Å². The van der Waals surface area contributed by atoms with Crippen molar-refractivity contribution in [1.29, 1.82) is 0 Å². The third kappa shape index (κ3) is 2.86. The lowest BCUT2D eigenvalue weighted by molar-refractivity contribution is 0.519. The van der Waals surface area contributed by atoms with Crippen molar-refractivity contribution >= 4 is 22.3 Å². The summed E-state index contributed by atoms with van der Waals surface area (Å²) in [5, 5.41) is 3.87. The summed E-state index contributed by atoms with van der Waals surface area (Å²) < 4.78 is 0. The maximum Gasteiger partial charge on any atom is 0.258 e. The average Bonchev–Trinajstić information content (AvgIpc) is 2.41. The highest BCUT2D eigenvalue weighted by molar-refractivity contribution is 5.88. The second-order valence-electron chi connectivity index (χ2n) is 4.75. The monoisotopic (exact) mass is 260 g/mol. The Morgan fingerprint density at radius 3 is 2.79 bits per heavy atom. The van der Waals surface area contributed by atoms with Crippen LogP contribution in [0.3, 0.4) is 0 Å². The Morgan fingerprint density at radius 2 is 2.11 bits per heavy atom. The second-order valence-corrected chi connectivity index (χ2v) is 4.75. The van der Waals surface area contributed by atoms with Gasteiger partial charge < -0.3 is 16.0 Å². The van der Waals surface area contributed by atoms with Crippen LogP contribution < -0.4 is 16.6 Å². The van der Waals surface area contributed by atoms with Crippen molar-refractivity contribution in [2.75, 3.05) is 17.6 Å². The van der Waals surface area contributed by atoms with E-state index >= 15 is 0 Å². The van der Waals surface area contributed by atoms with Crippen LogP contribution in [0.4, 0.5) is 11.4 Å². The van der Waals surface area contributed by atoms with Gasteiger partial charge in [-0.15, -0.1) is 0 Å². The Morgan fingerprint density at radius 1 is 1.37 bits per heavy atom. The number of anilines is 2. The molecule has 0 spiro atoms. The zero-order chi connectivity index (χ0) is 13.8. The molecule has 0 atom stereocenters. The minimum Gasteiger partial charge on any atom is -0.397 e. The van der Waals surface area contributed by atoms with Gasteiger partial charge in [0.25, 0.3) is 5.56 Å². The molecule has 1 aromatic heterocycles. The maximum absolute atomic E-state index is 11.6. The van der Waals surface area contributed by atoms with E-state index in [1.54, 1.807) is 6.07 Å². The molecule has 0 aliphatic rings. The molecule has 2 rings (SSSR count). The molecule has 0 aliphatic heterocycles. The highest BCUT2D eigenvalue weighted by Crippen LogP contribution is 2.23. The molecule has 19 heavy (non-hydrogen) atoms. The standard InChI is InChI=1S/C14H20N4O/c1-3-9(4-2)7-16-13-6-12-10(5-11(13)15)14(19)18-8-17-12/h5-6,8-9,16H,3-4,7,15H2,1-2H3,(H,17,18,19). The fourth-order valence-corrected chi connectivity index (χ4v) is 2.12. The molecule has 0 saturated carbocycles. The summed E-state index contributed by atoms with van der Waals surface area (Å²) in [6.07, 6.45) is 3.68. The summed E-state index contributed by atoms with van der Waals surface area (Å²) in [5.41, 5.74) is 7.90. The van der Waals surface area contributed by atoms with Gasteiger partial charge in [-0.3, -0.25) is 4.79 Å². The number of aromatic amines is 1. The normalized spacial score (nSPS) is 11.1. The Labute approximate surface area is 112 Å². The number of aromatic nitrogens is 2. The van der Waals surface area contributed by atoms with E-state index in [-0.39, 0.29) is 5.56 Å². The molecule has 0 fully saturated rings. The fourth-order valence-electron chi connectivity index (χ4n) is 2.12. The summed E-state index contributed by atoms with van der Waals surface area (Å²) in [6.45, 7) is 5.24. The van der Waals surface area contributed by atoms with E-state index in [1.807, 2.05) is 6.07 Å². The molecule has 0 radical (unpaired) electrons. The molecule has 0 unspecified atom stereocenters. The smallest absolute Gasteiger partial charge is 0.258 e. The van der Waals surface area contributed by atoms with Crippen LogP contribution in [0.2, 0.25) is 0 Å². The second kappa shape index (κ2) is 5.73. The molecular weight excluding hydrogens is 240 g/mol. The summed E-state index contributed by atoms with van der Waals surface area (Å²) in [4.78, 5) is 18.3. The SMILES string of the molecule is CCC(CC)CNc1cc2nc[nH]c(=O)c2cc1N. The van der Waals surface area contributed by atoms with Crippen LogP contribution in [0.5, 0.6) is 0 Å². The van der Waals surface area contributed by atoms with Gasteiger partial charge in [-0.2, -0.15) is 0 Å². The molecule has 0 saturated heterocycles. The third-order valence-corrected chi connectivity index (χ3v) is 3.55. The van der Waals surface area contributed by atoms with Gasteiger partial charge in [0.15, 0.2) is 0 Å². The van der Waals surface area contributed by atoms with Crippen LogP contribution in [0.1, 0.15) is 26.7 Å². The summed E-state index contributed by atoms with van der Waals surface area (Å²) in [5.74, 6) is 0.627. The molecule has 5 heteroatoms. The molecule has 0 aliphatic carbocycles. The van der Waals surface area contributed by atoms with E-state index in [9.17, 15) is 4.79 Å². The first-order valence-electron chi connectivity index (χ1n) is 6.66. The Kier molecular flexibility index (Phi) is 4.04. The van der Waals surface area contributed by atoms with Crippen LogP contribution in [-0.2, 0) is 0 Å². The summed E-state index contributed by atoms with van der Waals surface area (Å²) >= 11 is 0. The number of nitrogen functional groups attached to an aromatic ring is 1. The molecule has 102 valence electrons. The van der Waals surface area contributed by atoms with Gasteiger partial charge in [0.2, 0.25) is 0 Å². The van der Waals surface area contributed by atoms with Gasteiger partial charge in [-0.1, -0.05) is 26.7 Å². The number of hydrogen-bond acceptors (Lipinski definition) is 4. The van der Waals surface area contributed by atoms with Crippen LogP contribution >= 0.6 is 0 Å². The number of nitrogens with two attached hydrogens (primary N) is 1. The number of nitrogens with one attached hydrogen (secondary N) is 2. The quantitative estimate of drug-likeness (QED) is 0.720. The van der Waals surface area contributed by atoms with Crippen molar-refractivity contribution in [2.24, 2.45) is 5.92 Å². The fraction of sp³-hybridized carbons (Fsp3) is 0.429. The number of rotatable bonds is 5. The van der Waals surface area contributed by atoms with Gasteiger partial charge in [0.05, 0.1) is 28.6 Å². The highest BCUT2D eigenvalue weighted by atomic mass is 16.1. The van der Waals surface area contributed by atoms with Crippen molar-refractivity contribution in [3.8, 4) is 0 Å². The lowest BCUT2D eigenvalue weighted by atomic mass is 10.0. The molecule has 1 heterocycles. The van der Waals surface area contributed by atoms with Crippen molar-refractivity contribution < 1.29 is 0 Å². The van der Waals surface area contributed by atoms with Crippen molar-refractivity contribution in [2.45, 2.75) is 26.7 Å². The highest BCUT2D eigenvalue weighted by Gasteiger charge is 2.08. The van der Waals surface area contributed by atoms with Gasteiger partial charge in [-0.25, -0.2) is 4.98 Å². The largest absolute Gasteiger partial charge is 0.397 e. The lowest BCUT2D eigenvalue weighted by Crippen LogP contribution is -2.14. The summed E-state index contributed by atoms with van der Waals surface area (Å²) in [7, 11) is 0. The van der Waals surface area contributed by atoms with Gasteiger partial charge in [-0.05, 0) is 18.1 Å². The Hall–Kier alpha value is -2.04. The molecule has 2 aromatic rings. The zero-order valence-corrected chi connectivity index (χ0v) is 11.4. The third-order valence-electron chi connectivity index (χ3n) is 3.55. The first-order valence-corrected chi connectivity index (χ1v) is 6.66. The topological polar surface area (TPSA) is 83.8 Å². The molecule has 0 bridgehead atoms. The zero-order valence-electron chi connectivity index (χ0n) is 11.4. The van der Waals surface area contributed by atoms with E-state index in [4.69, 9.17) is 5.73 Å². The van der Waals surface area contributed by atoms with Crippen LogP contribution in [0.15, 0.2) is 23.3 Å². The van der Waals surface area contributed by atoms with Gasteiger partial charge >= 0.3 is 0 Å². The molecule has 4 N–H and O–H groups in total. The number of benzene rings is 1. The van der Waals surface area contributed by atoms with Gasteiger partial charge in [0, 0.05) is 6.54 Å². The van der Waals surface area contributed by atoms with Gasteiger partial charge in [0.1, 0.15) is 0 Å². The molecule has 5 nitrogen and oxygen atoms in total. The number of fused-ring (bicyclic) bond motifs is 1. The predicted molar refractivity (Wildman–Crippen MR) is 79.3 cm³/mol. The van der Waals surface area contributed by atoms with E-state index in [0.717, 1.165) is 25.1 Å². The van der Waals surface area contributed by atoms with E-state index in [2.05, 4.69) is 29.1 Å². The first-order chi connectivity index (χ1) is 9.15. The lowest BCUT2D eigenvalue weighted by Gasteiger charge is -2.16. The minimum atomic E-state index is -0.164. The van der Waals surface area contributed by atoms with E-state index in [0.29, 0.717) is 22.5 Å². The minimum absolute atomic E-state index is 0.164. The Balaban J connectivity index is 2.29. The number of H-pyrrole nitrogens is 1. The Bertz CT molecular complexity index is 616. The van der Waals surface area contributed by atoms with Crippen LogP contribution in [-0.4, -0.2) is 16.5 Å². The van der Waals surface area contributed by atoms with Crippen molar-refractivity contribution in [3.05, 3.63) is 28.8 Å². The van der Waals surface area contributed by atoms with E-state index in [1.165, 1.54) is 6.33 Å². The maximum atomic E-state index is 11.6.